The van der Waals surface area contributed by atoms with Gasteiger partial charge in [-0.25, -0.2) is 9.78 Å². The van der Waals surface area contributed by atoms with Gasteiger partial charge in [-0.2, -0.15) is 0 Å². The Morgan fingerprint density at radius 3 is 2.45 bits per heavy atom. The predicted molar refractivity (Wildman–Crippen MR) is 114 cm³/mol. The predicted octanol–water partition coefficient (Wildman–Crippen LogP) is 3.74. The van der Waals surface area contributed by atoms with E-state index in [1.807, 2.05) is 30.3 Å². The zero-order chi connectivity index (χ0) is 20.8. The van der Waals surface area contributed by atoms with E-state index < -0.39 is 0 Å². The fourth-order valence-corrected chi connectivity index (χ4v) is 3.35. The van der Waals surface area contributed by atoms with Crippen LogP contribution in [0.2, 0.25) is 0 Å². The van der Waals surface area contributed by atoms with Crippen LogP contribution in [0.25, 0.3) is 0 Å². The highest BCUT2D eigenvalue weighted by atomic mass is 16.6. The van der Waals surface area contributed by atoms with E-state index in [1.165, 1.54) is 0 Å². The molecule has 2 heterocycles. The van der Waals surface area contributed by atoms with Crippen LogP contribution >= 0.6 is 0 Å². The number of anilines is 2. The number of pyridine rings is 1. The summed E-state index contributed by atoms with van der Waals surface area (Å²) in [4.78, 5) is 32.7. The second-order valence-corrected chi connectivity index (χ2v) is 7.27. The SMILES string of the molecule is CCOC(=O)N1CCN(c2ccc(C(=O)Nc3ccccc3C(C)C)cn2)CC1. The van der Waals surface area contributed by atoms with E-state index in [4.69, 9.17) is 4.74 Å². The minimum absolute atomic E-state index is 0.177. The average molecular weight is 396 g/mol. The number of para-hydroxylation sites is 1. The molecule has 1 aliphatic heterocycles. The van der Waals surface area contributed by atoms with E-state index in [2.05, 4.69) is 29.0 Å². The van der Waals surface area contributed by atoms with Crippen LogP contribution in [0.15, 0.2) is 42.6 Å². The van der Waals surface area contributed by atoms with Gasteiger partial charge in [-0.1, -0.05) is 32.0 Å². The highest BCUT2D eigenvalue weighted by Gasteiger charge is 2.22. The van der Waals surface area contributed by atoms with Crippen molar-refractivity contribution in [3.63, 3.8) is 0 Å². The lowest BCUT2D eigenvalue weighted by Gasteiger charge is -2.34. The van der Waals surface area contributed by atoms with Crippen molar-refractivity contribution in [2.24, 2.45) is 0 Å². The molecule has 1 fully saturated rings. The average Bonchev–Trinajstić information content (AvgIpc) is 2.74. The van der Waals surface area contributed by atoms with Crippen molar-refractivity contribution in [1.82, 2.24) is 9.88 Å². The zero-order valence-electron chi connectivity index (χ0n) is 17.2. The fraction of sp³-hybridized carbons (Fsp3) is 0.409. The molecule has 0 spiro atoms. The van der Waals surface area contributed by atoms with Crippen LogP contribution in [-0.4, -0.2) is 54.7 Å². The standard InChI is InChI=1S/C22H28N4O3/c1-4-29-22(28)26-13-11-25(12-14-26)20-10-9-17(15-23-20)21(27)24-19-8-6-5-7-18(19)16(2)3/h5-10,15-16H,4,11-14H2,1-3H3,(H,24,27). The van der Waals surface area contributed by atoms with Gasteiger partial charge in [-0.3, -0.25) is 4.79 Å². The molecule has 2 amide bonds. The molecular weight excluding hydrogens is 368 g/mol. The molecular formula is C22H28N4O3. The highest BCUT2D eigenvalue weighted by Crippen LogP contribution is 2.24. The Balaban J connectivity index is 1.61. The molecule has 0 atom stereocenters. The smallest absolute Gasteiger partial charge is 0.409 e. The number of carbonyl (C=O) groups is 2. The Morgan fingerprint density at radius 1 is 1.10 bits per heavy atom. The third-order valence-electron chi connectivity index (χ3n) is 4.97. The first-order valence-electron chi connectivity index (χ1n) is 10.0. The van der Waals surface area contributed by atoms with Crippen molar-refractivity contribution in [2.45, 2.75) is 26.7 Å². The molecule has 7 heteroatoms. The van der Waals surface area contributed by atoms with Gasteiger partial charge < -0.3 is 19.9 Å². The summed E-state index contributed by atoms with van der Waals surface area (Å²) < 4.78 is 5.04. The van der Waals surface area contributed by atoms with Crippen LogP contribution in [0, 0.1) is 0 Å². The minimum atomic E-state index is -0.270. The first-order chi connectivity index (χ1) is 14.0. The molecule has 2 aromatic rings. The Morgan fingerprint density at radius 2 is 1.83 bits per heavy atom. The van der Waals surface area contributed by atoms with Gasteiger partial charge in [0.25, 0.3) is 5.91 Å². The number of amides is 2. The molecule has 7 nitrogen and oxygen atoms in total. The topological polar surface area (TPSA) is 74.8 Å². The number of hydrogen-bond donors (Lipinski definition) is 1. The summed E-state index contributed by atoms with van der Waals surface area (Å²) >= 11 is 0. The number of nitrogens with one attached hydrogen (secondary N) is 1. The fourth-order valence-electron chi connectivity index (χ4n) is 3.35. The van der Waals surface area contributed by atoms with Crippen molar-refractivity contribution in [1.29, 1.82) is 0 Å². The molecule has 154 valence electrons. The van der Waals surface area contributed by atoms with Crippen LogP contribution < -0.4 is 10.2 Å². The maximum atomic E-state index is 12.6. The van der Waals surface area contributed by atoms with Crippen molar-refractivity contribution in [3.05, 3.63) is 53.7 Å². The van der Waals surface area contributed by atoms with Crippen LogP contribution in [0.4, 0.5) is 16.3 Å². The van der Waals surface area contributed by atoms with E-state index >= 15 is 0 Å². The Bertz CT molecular complexity index is 843. The monoisotopic (exact) mass is 396 g/mol. The van der Waals surface area contributed by atoms with Crippen molar-refractivity contribution in [3.8, 4) is 0 Å². The second-order valence-electron chi connectivity index (χ2n) is 7.27. The van der Waals surface area contributed by atoms with Crippen LogP contribution in [-0.2, 0) is 4.74 Å². The molecule has 0 aliphatic carbocycles. The van der Waals surface area contributed by atoms with E-state index in [0.29, 0.717) is 44.3 Å². The van der Waals surface area contributed by atoms with Crippen molar-refractivity contribution < 1.29 is 14.3 Å². The molecule has 0 saturated carbocycles. The van der Waals surface area contributed by atoms with Gasteiger partial charge >= 0.3 is 6.09 Å². The molecule has 1 N–H and O–H groups in total. The van der Waals surface area contributed by atoms with E-state index in [-0.39, 0.29) is 12.0 Å². The van der Waals surface area contributed by atoms with Gasteiger partial charge in [0, 0.05) is 38.1 Å². The van der Waals surface area contributed by atoms with Gasteiger partial charge in [-0.05, 0) is 36.6 Å². The molecule has 0 bridgehead atoms. The number of piperazine rings is 1. The molecule has 3 rings (SSSR count). The van der Waals surface area contributed by atoms with Gasteiger partial charge in [0.05, 0.1) is 12.2 Å². The number of hydrogen-bond acceptors (Lipinski definition) is 5. The molecule has 29 heavy (non-hydrogen) atoms. The number of aromatic nitrogens is 1. The molecule has 1 saturated heterocycles. The maximum absolute atomic E-state index is 12.6. The first-order valence-corrected chi connectivity index (χ1v) is 10.0. The summed E-state index contributed by atoms with van der Waals surface area (Å²) in [6.07, 6.45) is 1.33. The largest absolute Gasteiger partial charge is 0.450 e. The Hall–Kier alpha value is -3.09. The van der Waals surface area contributed by atoms with Gasteiger partial charge in [0.2, 0.25) is 0 Å². The first kappa shape index (κ1) is 20.6. The third kappa shape index (κ3) is 5.04. The summed E-state index contributed by atoms with van der Waals surface area (Å²) in [6, 6.07) is 11.5. The Kier molecular flexibility index (Phi) is 6.69. The van der Waals surface area contributed by atoms with Gasteiger partial charge in [-0.15, -0.1) is 0 Å². The lowest BCUT2D eigenvalue weighted by atomic mass is 10.0. The lowest BCUT2D eigenvalue weighted by molar-refractivity contribution is 0.102. The van der Waals surface area contributed by atoms with E-state index in [9.17, 15) is 9.59 Å². The van der Waals surface area contributed by atoms with Crippen molar-refractivity contribution >= 4 is 23.5 Å². The highest BCUT2D eigenvalue weighted by molar-refractivity contribution is 6.04. The maximum Gasteiger partial charge on any atom is 0.409 e. The summed E-state index contributed by atoms with van der Waals surface area (Å²) in [7, 11) is 0. The van der Waals surface area contributed by atoms with E-state index in [0.717, 1.165) is 17.1 Å². The molecule has 1 aliphatic rings. The lowest BCUT2D eigenvalue weighted by Crippen LogP contribution is -2.49. The van der Waals surface area contributed by atoms with Crippen LogP contribution in [0.5, 0.6) is 0 Å². The third-order valence-corrected chi connectivity index (χ3v) is 4.97. The molecule has 1 aromatic carbocycles. The quantitative estimate of drug-likeness (QED) is 0.833. The van der Waals surface area contributed by atoms with Gasteiger partial charge in [0.15, 0.2) is 0 Å². The molecule has 0 radical (unpaired) electrons. The summed E-state index contributed by atoms with van der Waals surface area (Å²) in [5.41, 5.74) is 2.44. The molecule has 1 aromatic heterocycles. The number of rotatable bonds is 5. The van der Waals surface area contributed by atoms with Crippen molar-refractivity contribution in [2.75, 3.05) is 43.0 Å². The molecule has 0 unspecified atom stereocenters. The summed E-state index contributed by atoms with van der Waals surface area (Å²) in [6.45, 7) is 8.93. The minimum Gasteiger partial charge on any atom is -0.450 e. The van der Waals surface area contributed by atoms with E-state index in [1.54, 1.807) is 24.1 Å². The van der Waals surface area contributed by atoms with Gasteiger partial charge in [0.1, 0.15) is 5.82 Å². The van der Waals surface area contributed by atoms with Crippen LogP contribution in [0.3, 0.4) is 0 Å². The zero-order valence-corrected chi connectivity index (χ0v) is 17.2. The summed E-state index contributed by atoms with van der Waals surface area (Å²) in [5.74, 6) is 0.942. The second kappa shape index (κ2) is 9.41. The normalized spacial score (nSPS) is 14.1. The number of carbonyl (C=O) groups excluding carboxylic acids is 2. The number of benzene rings is 1. The number of nitrogens with zero attached hydrogens (tertiary/aromatic N) is 3. The Labute approximate surface area is 171 Å². The number of ether oxygens (including phenoxy) is 1. The van der Waals surface area contributed by atoms with Crippen LogP contribution in [0.1, 0.15) is 42.6 Å². The summed E-state index contributed by atoms with van der Waals surface area (Å²) in [5, 5.41) is 2.99.